The van der Waals surface area contributed by atoms with Crippen LogP contribution in [-0.2, 0) is 4.79 Å². The fraction of sp³-hybridized carbons (Fsp3) is 0.167. The van der Waals surface area contributed by atoms with Gasteiger partial charge in [-0.05, 0) is 11.8 Å². The number of hydrogen-bond donors (Lipinski definition) is 0. The van der Waals surface area contributed by atoms with Crippen molar-refractivity contribution in [1.29, 1.82) is 0 Å². The molecule has 2 heterocycles. The van der Waals surface area contributed by atoms with E-state index >= 15 is 0 Å². The van der Waals surface area contributed by atoms with Gasteiger partial charge in [-0.25, -0.2) is 0 Å². The number of nitrogens with zero attached hydrogens (tertiary/aromatic N) is 2. The average molecular weight is 262 g/mol. The summed E-state index contributed by atoms with van der Waals surface area (Å²) < 4.78 is 1.13. The van der Waals surface area contributed by atoms with Crippen LogP contribution < -0.4 is 0 Å². The summed E-state index contributed by atoms with van der Waals surface area (Å²) in [6.45, 7) is 0.384. The van der Waals surface area contributed by atoms with Crippen LogP contribution in [0.25, 0.3) is 0 Å². The minimum Gasteiger partial charge on any atom is -0.302 e. The number of benzene rings is 1. The molecule has 0 atom stereocenters. The van der Waals surface area contributed by atoms with Crippen molar-refractivity contribution in [2.45, 2.75) is 0 Å². The Labute approximate surface area is 107 Å². The molecule has 0 radical (unpaired) electrons. The highest BCUT2D eigenvalue weighted by Gasteiger charge is 2.33. The van der Waals surface area contributed by atoms with Gasteiger partial charge in [0.1, 0.15) is 10.9 Å². The largest absolute Gasteiger partial charge is 0.302 e. The van der Waals surface area contributed by atoms with Crippen molar-refractivity contribution < 1.29 is 4.79 Å². The van der Waals surface area contributed by atoms with Gasteiger partial charge >= 0.3 is 0 Å². The van der Waals surface area contributed by atoms with E-state index in [0.29, 0.717) is 6.54 Å². The van der Waals surface area contributed by atoms with E-state index in [2.05, 4.69) is 17.1 Å². The van der Waals surface area contributed by atoms with Gasteiger partial charge in [0.15, 0.2) is 5.84 Å². The van der Waals surface area contributed by atoms with Crippen molar-refractivity contribution in [1.82, 2.24) is 4.90 Å². The van der Waals surface area contributed by atoms with E-state index in [4.69, 9.17) is 0 Å². The van der Waals surface area contributed by atoms with Crippen molar-refractivity contribution >= 4 is 43.6 Å². The molecule has 1 amide bonds. The summed E-state index contributed by atoms with van der Waals surface area (Å²) >= 11 is 1.66. The van der Waals surface area contributed by atoms with Crippen molar-refractivity contribution in [3.63, 3.8) is 0 Å². The van der Waals surface area contributed by atoms with Crippen LogP contribution in [-0.4, -0.2) is 38.6 Å². The van der Waals surface area contributed by atoms with Gasteiger partial charge in [-0.3, -0.25) is 4.79 Å². The normalized spacial score (nSPS) is 18.3. The Morgan fingerprint density at radius 3 is 2.82 bits per heavy atom. The molecule has 1 aromatic carbocycles. The zero-order chi connectivity index (χ0) is 11.8. The number of carbonyl (C=O) groups excluding carboxylic acids is 1. The van der Waals surface area contributed by atoms with Gasteiger partial charge in [-0.15, -0.1) is 22.7 Å². The molecule has 17 heavy (non-hydrogen) atoms. The Hall–Kier alpha value is -1.33. The van der Waals surface area contributed by atoms with E-state index in [1.54, 1.807) is 22.7 Å². The summed E-state index contributed by atoms with van der Waals surface area (Å²) in [5.41, 5.74) is 1.13. The minimum atomic E-state index is -0.0553. The molecule has 0 aromatic heterocycles. The van der Waals surface area contributed by atoms with Crippen LogP contribution in [0.3, 0.4) is 0 Å². The van der Waals surface area contributed by atoms with Crippen molar-refractivity contribution in [3.05, 3.63) is 35.9 Å². The zero-order valence-electron chi connectivity index (χ0n) is 9.21. The monoisotopic (exact) mass is 262 g/mol. The number of thioether (sulfide) groups is 1. The van der Waals surface area contributed by atoms with Crippen molar-refractivity contribution in [2.24, 2.45) is 4.99 Å². The second-order valence-electron chi connectivity index (χ2n) is 3.68. The summed E-state index contributed by atoms with van der Waals surface area (Å²) in [6.07, 6.45) is 2.02. The molecule has 2 aliphatic heterocycles. The summed E-state index contributed by atoms with van der Waals surface area (Å²) in [5.74, 6) is 0.760. The lowest BCUT2D eigenvalue weighted by molar-refractivity contribution is -0.116. The summed E-state index contributed by atoms with van der Waals surface area (Å²) in [5, 5.41) is 0. The van der Waals surface area contributed by atoms with E-state index in [1.165, 1.54) is 0 Å². The highest BCUT2D eigenvalue weighted by atomic mass is 32.2. The Kier molecular flexibility index (Phi) is 2.64. The number of carbonyl (C=O) groups is 1. The van der Waals surface area contributed by atoms with Gasteiger partial charge in [-0.1, -0.05) is 30.3 Å². The topological polar surface area (TPSA) is 32.7 Å². The third kappa shape index (κ3) is 1.75. The van der Waals surface area contributed by atoms with Crippen LogP contribution in [0.15, 0.2) is 35.3 Å². The van der Waals surface area contributed by atoms with Gasteiger partial charge < -0.3 is 4.90 Å². The molecule has 0 bridgehead atoms. The fourth-order valence-corrected chi connectivity index (χ4v) is 3.76. The third-order valence-corrected chi connectivity index (χ3v) is 4.94. The number of amidine groups is 1. The lowest BCUT2D eigenvalue weighted by Gasteiger charge is -2.14. The van der Waals surface area contributed by atoms with Crippen molar-refractivity contribution in [3.8, 4) is 0 Å². The molecule has 0 saturated heterocycles. The molecule has 3 nitrogen and oxygen atoms in total. The second-order valence-corrected chi connectivity index (χ2v) is 5.73. The zero-order valence-corrected chi connectivity index (χ0v) is 10.8. The summed E-state index contributed by atoms with van der Waals surface area (Å²) in [4.78, 5) is 18.6. The molecule has 3 rings (SSSR count). The van der Waals surface area contributed by atoms with Crippen LogP contribution in [0.4, 0.5) is 0 Å². The van der Waals surface area contributed by atoms with Crippen LogP contribution in [0, 0.1) is 0 Å². The Bertz CT molecular complexity index is 586. The lowest BCUT2D eigenvalue weighted by atomic mass is 10.1. The molecule has 0 saturated carbocycles. The van der Waals surface area contributed by atoms with Gasteiger partial charge in [0.05, 0.1) is 4.86 Å². The van der Waals surface area contributed by atoms with Gasteiger partial charge in [-0.2, -0.15) is 4.99 Å². The number of rotatable bonds is 1. The molecule has 0 fully saturated rings. The maximum atomic E-state index is 11.4. The van der Waals surface area contributed by atoms with Gasteiger partial charge in [0.2, 0.25) is 0 Å². The Balaban J connectivity index is 2.12. The maximum absolute atomic E-state index is 11.4. The lowest BCUT2D eigenvalue weighted by Crippen LogP contribution is -2.32. The number of aliphatic imine (C=N–C) groups is 1. The van der Waals surface area contributed by atoms with Crippen molar-refractivity contribution in [2.75, 3.05) is 12.8 Å². The first-order valence-electron chi connectivity index (χ1n) is 5.20. The fourth-order valence-electron chi connectivity index (χ4n) is 1.87. The molecule has 0 unspecified atom stereocenters. The first kappa shape index (κ1) is 10.8. The SMILES string of the molecule is CSC1=S=C(c2ccccc2)C2=NC(=O)CN21. The first-order chi connectivity index (χ1) is 8.29. The van der Waals surface area contributed by atoms with Crippen LogP contribution in [0.2, 0.25) is 0 Å². The predicted octanol–water partition coefficient (Wildman–Crippen LogP) is 1.64. The first-order valence-corrected chi connectivity index (χ1v) is 7.24. The molecule has 5 heteroatoms. The maximum Gasteiger partial charge on any atom is 0.267 e. The molecular formula is C12H10N2OS2. The Morgan fingerprint density at radius 2 is 2.12 bits per heavy atom. The molecule has 2 aliphatic rings. The highest BCUT2D eigenvalue weighted by Crippen LogP contribution is 2.23. The highest BCUT2D eigenvalue weighted by molar-refractivity contribution is 8.27. The van der Waals surface area contributed by atoms with Crippen LogP contribution in [0.1, 0.15) is 5.56 Å². The molecule has 0 aliphatic carbocycles. The quantitative estimate of drug-likeness (QED) is 0.721. The predicted molar refractivity (Wildman–Crippen MR) is 75.8 cm³/mol. The van der Waals surface area contributed by atoms with E-state index in [-0.39, 0.29) is 5.91 Å². The minimum absolute atomic E-state index is 0.0553. The van der Waals surface area contributed by atoms with Gasteiger partial charge in [0, 0.05) is 0 Å². The summed E-state index contributed by atoms with van der Waals surface area (Å²) in [6, 6.07) is 10.1. The second kappa shape index (κ2) is 4.16. The molecule has 0 spiro atoms. The van der Waals surface area contributed by atoms with E-state index in [0.717, 1.165) is 20.6 Å². The van der Waals surface area contributed by atoms with E-state index in [1.807, 2.05) is 29.4 Å². The standard InChI is InChI=1S/C12H10N2OS2/c1-16-12-14-7-9(15)13-11(14)10(17-12)8-5-3-2-4-6-8/h2-6H,7H2,1H3. The van der Waals surface area contributed by atoms with E-state index in [9.17, 15) is 4.79 Å². The van der Waals surface area contributed by atoms with E-state index < -0.39 is 0 Å². The number of hydrogen-bond acceptors (Lipinski definition) is 3. The average Bonchev–Trinajstić information content (AvgIpc) is 2.87. The molecule has 0 N–H and O–H groups in total. The molecule has 86 valence electrons. The number of amides is 1. The molecule has 1 aromatic rings. The molecular weight excluding hydrogens is 252 g/mol. The smallest absolute Gasteiger partial charge is 0.267 e. The summed E-state index contributed by atoms with van der Waals surface area (Å²) in [7, 11) is 1.70. The van der Waals surface area contributed by atoms with Gasteiger partial charge in [0.25, 0.3) is 5.91 Å². The van der Waals surface area contributed by atoms with Crippen LogP contribution >= 0.6 is 22.7 Å². The Morgan fingerprint density at radius 1 is 1.35 bits per heavy atom. The third-order valence-electron chi connectivity index (χ3n) is 2.60. The van der Waals surface area contributed by atoms with Crippen LogP contribution in [0.5, 0.6) is 0 Å². The number of fused-ring (bicyclic) bond motifs is 1.